The van der Waals surface area contributed by atoms with Gasteiger partial charge >= 0.3 is 0 Å². The molecule has 3 rings (SSSR count). The molecule has 2 aromatic rings. The maximum Gasteiger partial charge on any atom is 0.123 e. The lowest BCUT2D eigenvalue weighted by atomic mass is 10.1. The highest BCUT2D eigenvalue weighted by Gasteiger charge is 2.26. The minimum atomic E-state index is -1.23. The van der Waals surface area contributed by atoms with E-state index in [1.165, 1.54) is 12.1 Å². The van der Waals surface area contributed by atoms with E-state index in [1.54, 1.807) is 12.1 Å². The Bertz CT molecular complexity index is 717. The third-order valence-corrected chi connectivity index (χ3v) is 5.03. The van der Waals surface area contributed by atoms with Gasteiger partial charge in [-0.2, -0.15) is 0 Å². The molecule has 1 aliphatic rings. The molecule has 2 unspecified atom stereocenters. The molecule has 0 radical (unpaired) electrons. The molecule has 0 aromatic heterocycles. The summed E-state index contributed by atoms with van der Waals surface area (Å²) in [5, 5.41) is 0. The van der Waals surface area contributed by atoms with Crippen LogP contribution in [0.2, 0.25) is 0 Å². The van der Waals surface area contributed by atoms with Crippen LogP contribution in [0.3, 0.4) is 0 Å². The van der Waals surface area contributed by atoms with E-state index in [0.717, 1.165) is 11.1 Å². The molecule has 21 heavy (non-hydrogen) atoms. The summed E-state index contributed by atoms with van der Waals surface area (Å²) < 4.78 is 31.4. The van der Waals surface area contributed by atoms with Crippen molar-refractivity contribution in [3.05, 3.63) is 53.3 Å². The maximum absolute atomic E-state index is 13.2. The standard InChI is InChI=1S/C16H16FNO2S/c1-10-2-4-14(18)16(6-10)21(19)9-13-8-11-7-12(17)3-5-15(11)20-13/h2-7,13H,8-9,18H2,1H3. The van der Waals surface area contributed by atoms with Gasteiger partial charge in [0.1, 0.15) is 17.7 Å². The van der Waals surface area contributed by atoms with E-state index in [1.807, 2.05) is 19.1 Å². The van der Waals surface area contributed by atoms with Crippen LogP contribution in [0.4, 0.5) is 10.1 Å². The van der Waals surface area contributed by atoms with Gasteiger partial charge in [-0.1, -0.05) is 6.07 Å². The zero-order chi connectivity index (χ0) is 15.0. The fourth-order valence-corrected chi connectivity index (χ4v) is 3.83. The van der Waals surface area contributed by atoms with E-state index in [0.29, 0.717) is 28.5 Å². The Kier molecular flexibility index (Phi) is 3.68. The Balaban J connectivity index is 1.74. The number of rotatable bonds is 3. The predicted molar refractivity (Wildman–Crippen MR) is 81.4 cm³/mol. The largest absolute Gasteiger partial charge is 0.489 e. The quantitative estimate of drug-likeness (QED) is 0.887. The first-order chi connectivity index (χ1) is 10.0. The van der Waals surface area contributed by atoms with Gasteiger partial charge in [-0.25, -0.2) is 4.39 Å². The number of benzene rings is 2. The minimum Gasteiger partial charge on any atom is -0.489 e. The maximum atomic E-state index is 13.2. The average molecular weight is 305 g/mol. The van der Waals surface area contributed by atoms with E-state index >= 15 is 0 Å². The van der Waals surface area contributed by atoms with Crippen molar-refractivity contribution in [1.82, 2.24) is 0 Å². The monoisotopic (exact) mass is 305 g/mol. The highest BCUT2D eigenvalue weighted by molar-refractivity contribution is 7.85. The second-order valence-electron chi connectivity index (χ2n) is 5.25. The van der Waals surface area contributed by atoms with Crippen LogP contribution >= 0.6 is 0 Å². The molecule has 0 aliphatic carbocycles. The molecule has 2 atom stereocenters. The summed E-state index contributed by atoms with van der Waals surface area (Å²) in [6, 6.07) is 9.96. The summed E-state index contributed by atoms with van der Waals surface area (Å²) in [5.41, 5.74) is 8.26. The number of halogens is 1. The minimum absolute atomic E-state index is 0.206. The Morgan fingerprint density at radius 2 is 2.14 bits per heavy atom. The van der Waals surface area contributed by atoms with Crippen LogP contribution < -0.4 is 10.5 Å². The van der Waals surface area contributed by atoms with Gasteiger partial charge in [-0.05, 0) is 42.8 Å². The Labute approximate surface area is 125 Å². The van der Waals surface area contributed by atoms with Crippen LogP contribution in [0.15, 0.2) is 41.3 Å². The van der Waals surface area contributed by atoms with Gasteiger partial charge in [0, 0.05) is 17.7 Å². The summed E-state index contributed by atoms with van der Waals surface area (Å²) >= 11 is 0. The van der Waals surface area contributed by atoms with Crippen LogP contribution in [-0.2, 0) is 17.2 Å². The second kappa shape index (κ2) is 5.48. The molecule has 0 bridgehead atoms. The first-order valence-corrected chi connectivity index (χ1v) is 8.04. The molecular formula is C16H16FNO2S. The number of ether oxygens (including phenoxy) is 1. The van der Waals surface area contributed by atoms with Crippen molar-refractivity contribution in [2.75, 3.05) is 11.5 Å². The second-order valence-corrected chi connectivity index (χ2v) is 6.71. The lowest BCUT2D eigenvalue weighted by molar-refractivity contribution is 0.258. The first kappa shape index (κ1) is 14.1. The summed E-state index contributed by atoms with van der Waals surface area (Å²) in [5.74, 6) is 0.752. The first-order valence-electron chi connectivity index (χ1n) is 6.72. The molecule has 1 heterocycles. The number of hydrogen-bond donors (Lipinski definition) is 1. The van der Waals surface area contributed by atoms with Crippen molar-refractivity contribution in [1.29, 1.82) is 0 Å². The van der Waals surface area contributed by atoms with Gasteiger partial charge < -0.3 is 10.5 Å². The summed E-state index contributed by atoms with van der Waals surface area (Å²) in [7, 11) is -1.23. The van der Waals surface area contributed by atoms with E-state index in [9.17, 15) is 8.60 Å². The van der Waals surface area contributed by atoms with E-state index in [4.69, 9.17) is 10.5 Å². The molecule has 0 saturated carbocycles. The third kappa shape index (κ3) is 2.93. The molecule has 110 valence electrons. The van der Waals surface area contributed by atoms with Crippen molar-refractivity contribution in [2.24, 2.45) is 0 Å². The lowest BCUT2D eigenvalue weighted by Gasteiger charge is -2.12. The van der Waals surface area contributed by atoms with Crippen LogP contribution in [0.5, 0.6) is 5.75 Å². The summed E-state index contributed by atoms with van der Waals surface area (Å²) in [6.45, 7) is 1.94. The fourth-order valence-electron chi connectivity index (χ4n) is 2.48. The predicted octanol–water partition coefficient (Wildman–Crippen LogP) is 2.83. The number of hydrogen-bond acceptors (Lipinski definition) is 3. The molecule has 2 aromatic carbocycles. The number of nitrogens with two attached hydrogens (primary N) is 1. The van der Waals surface area contributed by atoms with E-state index in [2.05, 4.69) is 0 Å². The van der Waals surface area contributed by atoms with Crippen molar-refractivity contribution in [3.8, 4) is 5.75 Å². The van der Waals surface area contributed by atoms with Gasteiger partial charge in [0.15, 0.2) is 0 Å². The van der Waals surface area contributed by atoms with Crippen molar-refractivity contribution in [2.45, 2.75) is 24.3 Å². The molecule has 5 heteroatoms. The number of aryl methyl sites for hydroxylation is 1. The topological polar surface area (TPSA) is 52.3 Å². The highest BCUT2D eigenvalue weighted by atomic mass is 32.2. The summed E-state index contributed by atoms with van der Waals surface area (Å²) in [6.07, 6.45) is 0.368. The Morgan fingerprint density at radius 1 is 1.33 bits per heavy atom. The van der Waals surface area contributed by atoms with Crippen molar-refractivity contribution < 1.29 is 13.3 Å². The highest BCUT2D eigenvalue weighted by Crippen LogP contribution is 2.30. The Morgan fingerprint density at radius 3 is 2.95 bits per heavy atom. The van der Waals surface area contributed by atoms with Crippen LogP contribution in [0, 0.1) is 12.7 Å². The smallest absolute Gasteiger partial charge is 0.123 e. The van der Waals surface area contributed by atoms with Gasteiger partial charge in [0.05, 0.1) is 21.4 Å². The fraction of sp³-hybridized carbons (Fsp3) is 0.250. The van der Waals surface area contributed by atoms with Crippen LogP contribution in [-0.4, -0.2) is 16.1 Å². The summed E-state index contributed by atoms with van der Waals surface area (Å²) in [4.78, 5) is 0.640. The molecular weight excluding hydrogens is 289 g/mol. The molecule has 1 aliphatic heterocycles. The molecule has 0 fully saturated rings. The molecule has 2 N–H and O–H groups in total. The molecule has 0 saturated heterocycles. The van der Waals surface area contributed by atoms with E-state index < -0.39 is 10.8 Å². The SMILES string of the molecule is Cc1ccc(N)c(S(=O)CC2Cc3cc(F)ccc3O2)c1. The number of fused-ring (bicyclic) bond motifs is 1. The van der Waals surface area contributed by atoms with Gasteiger partial charge in [-0.15, -0.1) is 0 Å². The zero-order valence-electron chi connectivity index (χ0n) is 11.6. The zero-order valence-corrected chi connectivity index (χ0v) is 12.5. The van der Waals surface area contributed by atoms with Crippen LogP contribution in [0.25, 0.3) is 0 Å². The van der Waals surface area contributed by atoms with Gasteiger partial charge in [0.25, 0.3) is 0 Å². The third-order valence-electron chi connectivity index (χ3n) is 3.52. The molecule has 0 spiro atoms. The lowest BCUT2D eigenvalue weighted by Crippen LogP contribution is -2.22. The number of nitrogen functional groups attached to an aromatic ring is 1. The average Bonchev–Trinajstić information content (AvgIpc) is 2.82. The van der Waals surface area contributed by atoms with Gasteiger partial charge in [-0.3, -0.25) is 4.21 Å². The molecule has 0 amide bonds. The Hall–Kier alpha value is -1.88. The number of anilines is 1. The van der Waals surface area contributed by atoms with Crippen LogP contribution in [0.1, 0.15) is 11.1 Å². The molecule has 3 nitrogen and oxygen atoms in total. The van der Waals surface area contributed by atoms with Crippen molar-refractivity contribution in [3.63, 3.8) is 0 Å². The van der Waals surface area contributed by atoms with Crippen molar-refractivity contribution >= 4 is 16.5 Å². The van der Waals surface area contributed by atoms with Gasteiger partial charge in [0.2, 0.25) is 0 Å². The normalized spacial score (nSPS) is 18.1. The van der Waals surface area contributed by atoms with E-state index in [-0.39, 0.29) is 11.9 Å².